The quantitative estimate of drug-likeness (QED) is 0.234. The Hall–Kier alpha value is -4.76. The number of H-pyrrole nitrogens is 1. The Bertz CT molecular complexity index is 1650. The first-order valence-electron chi connectivity index (χ1n) is 12.8. The maximum atomic E-state index is 13.8. The number of pyridine rings is 1. The second-order valence-corrected chi connectivity index (χ2v) is 9.27. The number of para-hydroxylation sites is 1. The molecule has 0 aliphatic carbocycles. The molecule has 0 saturated heterocycles. The van der Waals surface area contributed by atoms with Crippen LogP contribution in [-0.4, -0.2) is 62.1 Å². The predicted octanol–water partition coefficient (Wildman–Crippen LogP) is 4.75. The third-order valence-corrected chi connectivity index (χ3v) is 6.92. The first kappa shape index (κ1) is 26.8. The van der Waals surface area contributed by atoms with E-state index in [9.17, 15) is 9.90 Å². The van der Waals surface area contributed by atoms with Gasteiger partial charge in [0, 0.05) is 28.0 Å². The number of rotatable bonds is 10. The van der Waals surface area contributed by atoms with E-state index in [2.05, 4.69) is 10.3 Å². The Morgan fingerprint density at radius 2 is 1.68 bits per heavy atom. The number of aromatic amines is 1. The van der Waals surface area contributed by atoms with Crippen molar-refractivity contribution < 1.29 is 28.8 Å². The summed E-state index contributed by atoms with van der Waals surface area (Å²) >= 11 is 0. The second kappa shape index (κ2) is 11.5. The van der Waals surface area contributed by atoms with Crippen LogP contribution in [-0.2, 0) is 6.42 Å². The fourth-order valence-corrected chi connectivity index (χ4v) is 4.89. The van der Waals surface area contributed by atoms with Gasteiger partial charge < -0.3 is 34.4 Å². The number of methoxy groups -OCH3 is 4. The summed E-state index contributed by atoms with van der Waals surface area (Å²) in [7, 11) is 6.20. The summed E-state index contributed by atoms with van der Waals surface area (Å²) in [6, 6.07) is 18.1. The van der Waals surface area contributed by atoms with Crippen LogP contribution in [0, 0.1) is 0 Å². The summed E-state index contributed by atoms with van der Waals surface area (Å²) in [5, 5.41) is 14.9. The molecule has 1 amide bonds. The molecule has 2 heterocycles. The Kier molecular flexibility index (Phi) is 7.75. The summed E-state index contributed by atoms with van der Waals surface area (Å²) in [6.45, 7) is -0.225. The normalized spacial score (nSPS) is 11.8. The third kappa shape index (κ3) is 5.11. The molecule has 9 nitrogen and oxygen atoms in total. The minimum Gasteiger partial charge on any atom is -0.497 e. The second-order valence-electron chi connectivity index (χ2n) is 9.27. The molecule has 3 N–H and O–H groups in total. The summed E-state index contributed by atoms with van der Waals surface area (Å²) in [6.07, 6.45) is 2.37. The topological polar surface area (TPSA) is 115 Å². The van der Waals surface area contributed by atoms with Crippen LogP contribution < -0.4 is 24.3 Å². The van der Waals surface area contributed by atoms with E-state index < -0.39 is 6.04 Å². The van der Waals surface area contributed by atoms with Crippen LogP contribution in [0.4, 0.5) is 0 Å². The number of aliphatic hydroxyl groups excluding tert-OH is 1. The van der Waals surface area contributed by atoms with Crippen molar-refractivity contribution >= 4 is 27.7 Å². The van der Waals surface area contributed by atoms with Gasteiger partial charge in [-0.25, -0.2) is 4.98 Å². The number of aliphatic hydroxyl groups is 1. The van der Waals surface area contributed by atoms with Crippen LogP contribution in [0.5, 0.6) is 23.0 Å². The molecule has 0 spiro atoms. The molecule has 0 fully saturated rings. The van der Waals surface area contributed by atoms with Gasteiger partial charge in [0.25, 0.3) is 5.91 Å². The van der Waals surface area contributed by atoms with Crippen LogP contribution in [0.3, 0.4) is 0 Å². The predicted molar refractivity (Wildman–Crippen MR) is 154 cm³/mol. The van der Waals surface area contributed by atoms with Crippen LogP contribution in [0.2, 0.25) is 0 Å². The number of nitrogens with one attached hydrogen (secondary N) is 2. The van der Waals surface area contributed by atoms with Crippen LogP contribution in [0.25, 0.3) is 33.1 Å². The largest absolute Gasteiger partial charge is 0.497 e. The highest BCUT2D eigenvalue weighted by Gasteiger charge is 2.21. The van der Waals surface area contributed by atoms with Gasteiger partial charge in [-0.3, -0.25) is 4.79 Å². The van der Waals surface area contributed by atoms with Crippen molar-refractivity contribution in [2.24, 2.45) is 0 Å². The van der Waals surface area contributed by atoms with Crippen molar-refractivity contribution in [2.45, 2.75) is 12.5 Å². The zero-order chi connectivity index (χ0) is 28.2. The number of amides is 1. The molecule has 0 aliphatic heterocycles. The van der Waals surface area contributed by atoms with E-state index >= 15 is 0 Å². The highest BCUT2D eigenvalue weighted by atomic mass is 16.5. The van der Waals surface area contributed by atoms with E-state index in [1.807, 2.05) is 36.5 Å². The van der Waals surface area contributed by atoms with Crippen molar-refractivity contribution in [3.05, 3.63) is 78.0 Å². The van der Waals surface area contributed by atoms with Crippen LogP contribution >= 0.6 is 0 Å². The lowest BCUT2D eigenvalue weighted by atomic mass is 10.0. The minimum absolute atomic E-state index is 0.225. The number of benzene rings is 3. The van der Waals surface area contributed by atoms with Crippen molar-refractivity contribution in [1.29, 1.82) is 0 Å². The van der Waals surface area contributed by atoms with E-state index in [0.29, 0.717) is 57.1 Å². The van der Waals surface area contributed by atoms with Crippen LogP contribution in [0.15, 0.2) is 66.9 Å². The van der Waals surface area contributed by atoms with Gasteiger partial charge in [-0.2, -0.15) is 0 Å². The van der Waals surface area contributed by atoms with Gasteiger partial charge in [0.05, 0.1) is 57.9 Å². The lowest BCUT2D eigenvalue weighted by Gasteiger charge is -2.18. The highest BCUT2D eigenvalue weighted by Crippen LogP contribution is 2.41. The third-order valence-electron chi connectivity index (χ3n) is 6.92. The van der Waals surface area contributed by atoms with Crippen molar-refractivity contribution in [2.75, 3.05) is 35.0 Å². The highest BCUT2D eigenvalue weighted by molar-refractivity contribution is 6.07. The molecule has 2 aromatic heterocycles. The lowest BCUT2D eigenvalue weighted by molar-refractivity contribution is 0.0918. The summed E-state index contributed by atoms with van der Waals surface area (Å²) in [5.41, 5.74) is 4.23. The van der Waals surface area contributed by atoms with Gasteiger partial charge in [0.15, 0.2) is 11.5 Å². The molecule has 0 bridgehead atoms. The van der Waals surface area contributed by atoms with Gasteiger partial charge in [0.1, 0.15) is 5.75 Å². The molecule has 0 radical (unpaired) electrons. The molecule has 5 aromatic rings. The first-order valence-corrected chi connectivity index (χ1v) is 12.8. The van der Waals surface area contributed by atoms with Gasteiger partial charge in [-0.15, -0.1) is 0 Å². The Balaban J connectivity index is 1.55. The molecule has 0 aliphatic rings. The van der Waals surface area contributed by atoms with Crippen molar-refractivity contribution in [1.82, 2.24) is 15.3 Å². The monoisotopic (exact) mass is 541 g/mol. The molecule has 1 atom stereocenters. The van der Waals surface area contributed by atoms with Crippen LogP contribution in [0.1, 0.15) is 15.9 Å². The average Bonchev–Trinajstić information content (AvgIpc) is 3.41. The zero-order valence-corrected chi connectivity index (χ0v) is 22.8. The maximum Gasteiger partial charge on any atom is 0.252 e. The van der Waals surface area contributed by atoms with E-state index in [4.69, 9.17) is 23.9 Å². The summed E-state index contributed by atoms with van der Waals surface area (Å²) in [5.74, 6) is 1.66. The number of hydrogen-bond acceptors (Lipinski definition) is 7. The van der Waals surface area contributed by atoms with Gasteiger partial charge in [-0.05, 0) is 54.4 Å². The summed E-state index contributed by atoms with van der Waals surface area (Å²) < 4.78 is 21.9. The van der Waals surface area contributed by atoms with E-state index in [1.165, 1.54) is 7.11 Å². The van der Waals surface area contributed by atoms with E-state index in [-0.39, 0.29) is 12.5 Å². The smallest absolute Gasteiger partial charge is 0.252 e. The molecular weight excluding hydrogens is 510 g/mol. The molecule has 40 heavy (non-hydrogen) atoms. The number of carbonyl (C=O) groups excluding carboxylic acids is 1. The molecular formula is C31H31N3O6. The minimum atomic E-state index is -0.509. The zero-order valence-electron chi connectivity index (χ0n) is 22.8. The van der Waals surface area contributed by atoms with Crippen molar-refractivity contribution in [3.8, 4) is 34.3 Å². The number of hydrogen-bond donors (Lipinski definition) is 3. The number of aromatic nitrogens is 2. The van der Waals surface area contributed by atoms with Crippen molar-refractivity contribution in [3.63, 3.8) is 0 Å². The number of carbonyl (C=O) groups is 1. The fraction of sp³-hybridized carbons (Fsp3) is 0.226. The fourth-order valence-electron chi connectivity index (χ4n) is 4.89. The number of nitrogens with zero attached hydrogens (tertiary/aromatic N) is 1. The number of ether oxygens (including phenoxy) is 4. The molecule has 0 saturated carbocycles. The average molecular weight is 542 g/mol. The summed E-state index contributed by atoms with van der Waals surface area (Å²) in [4.78, 5) is 21.9. The Labute approximate surface area is 231 Å². The maximum absolute atomic E-state index is 13.8. The van der Waals surface area contributed by atoms with Gasteiger partial charge in [-0.1, -0.05) is 18.2 Å². The lowest BCUT2D eigenvalue weighted by Crippen LogP contribution is -2.39. The van der Waals surface area contributed by atoms with E-state index in [1.54, 1.807) is 51.7 Å². The van der Waals surface area contributed by atoms with Gasteiger partial charge >= 0.3 is 0 Å². The molecule has 5 rings (SSSR count). The molecule has 1 unspecified atom stereocenters. The Morgan fingerprint density at radius 3 is 2.35 bits per heavy atom. The SMILES string of the molecule is COc1ccc2nc(-c3cc(OC)c(OC)c(OC)c3)cc(C(=O)NC(CO)Cc3c[nH]c4ccccc34)c2c1. The molecule has 206 valence electrons. The molecule has 9 heteroatoms. The Morgan fingerprint density at radius 1 is 0.925 bits per heavy atom. The van der Waals surface area contributed by atoms with E-state index in [0.717, 1.165) is 16.5 Å². The van der Waals surface area contributed by atoms with Gasteiger partial charge in [0.2, 0.25) is 5.75 Å². The number of fused-ring (bicyclic) bond motifs is 2. The first-order chi connectivity index (χ1) is 19.5. The standard InChI is InChI=1S/C31H31N3O6/c1-37-21-9-10-26-23(14-21)24(15-27(34-26)18-12-28(38-2)30(40-4)29(13-18)39-3)31(36)33-20(17-35)11-19-16-32-25-8-6-5-7-22(19)25/h5-10,12-16,20,32,35H,11,17H2,1-4H3,(H,33,36). The molecule has 3 aromatic carbocycles.